The zero-order chi connectivity index (χ0) is 10.8. The molecule has 0 bridgehead atoms. The molecule has 7 heteroatoms. The highest BCUT2D eigenvalue weighted by Crippen LogP contribution is 2.13. The number of hydrogen-bond donors (Lipinski definition) is 1. The summed E-state index contributed by atoms with van der Waals surface area (Å²) in [5.74, 6) is 0.252. The van der Waals surface area contributed by atoms with Crippen LogP contribution in [0.5, 0.6) is 0 Å². The van der Waals surface area contributed by atoms with Crippen LogP contribution in [-0.4, -0.2) is 14.5 Å². The van der Waals surface area contributed by atoms with Crippen LogP contribution in [0.15, 0.2) is 30.9 Å². The Balaban J connectivity index is 0.00000128. The molecule has 0 saturated heterocycles. The van der Waals surface area contributed by atoms with Gasteiger partial charge >= 0.3 is 0 Å². The molecule has 0 aliphatic rings. The van der Waals surface area contributed by atoms with Crippen LogP contribution in [-0.2, 0) is 0 Å². The van der Waals surface area contributed by atoms with Gasteiger partial charge in [0.2, 0.25) is 0 Å². The van der Waals surface area contributed by atoms with E-state index >= 15 is 0 Å². The molecule has 0 spiro atoms. The molecule has 17 heavy (non-hydrogen) atoms. The molecule has 0 aliphatic carbocycles. The SMILES string of the molecule is CC(N)c1cncn1-c1ccc(F)cn1.Cl.Cl. The quantitative estimate of drug-likeness (QED) is 0.917. The van der Waals surface area contributed by atoms with Crippen molar-refractivity contribution in [1.82, 2.24) is 14.5 Å². The molecule has 94 valence electrons. The average molecular weight is 279 g/mol. The standard InChI is InChI=1S/C10H11FN4.2ClH/c1-7(12)9-5-13-6-15(9)10-3-2-8(11)4-14-10;;/h2-7H,12H2,1H3;2*1H. The summed E-state index contributed by atoms with van der Waals surface area (Å²) in [5.41, 5.74) is 6.61. The van der Waals surface area contributed by atoms with Gasteiger partial charge in [-0.2, -0.15) is 0 Å². The van der Waals surface area contributed by atoms with Gasteiger partial charge in [0.1, 0.15) is 18.0 Å². The van der Waals surface area contributed by atoms with Crippen LogP contribution in [0.25, 0.3) is 5.82 Å². The van der Waals surface area contributed by atoms with Gasteiger partial charge in [0, 0.05) is 6.04 Å². The first kappa shape index (κ1) is 15.8. The van der Waals surface area contributed by atoms with Gasteiger partial charge in [-0.05, 0) is 19.1 Å². The zero-order valence-corrected chi connectivity index (χ0v) is 10.7. The number of hydrogen-bond acceptors (Lipinski definition) is 3. The molecule has 2 N–H and O–H groups in total. The fraction of sp³-hybridized carbons (Fsp3) is 0.200. The number of pyridine rings is 1. The van der Waals surface area contributed by atoms with Crippen LogP contribution in [0, 0.1) is 5.82 Å². The second-order valence-corrected chi connectivity index (χ2v) is 3.31. The lowest BCUT2D eigenvalue weighted by atomic mass is 10.2. The molecule has 2 rings (SSSR count). The van der Waals surface area contributed by atoms with Crippen LogP contribution in [0.1, 0.15) is 18.7 Å². The summed E-state index contributed by atoms with van der Waals surface area (Å²) in [6, 6.07) is 2.80. The van der Waals surface area contributed by atoms with Gasteiger partial charge in [-0.3, -0.25) is 4.57 Å². The Morgan fingerprint density at radius 2 is 2.00 bits per heavy atom. The first-order valence-electron chi connectivity index (χ1n) is 4.58. The number of nitrogens with zero attached hydrogens (tertiary/aromatic N) is 3. The summed E-state index contributed by atoms with van der Waals surface area (Å²) in [6.45, 7) is 1.86. The van der Waals surface area contributed by atoms with Crippen molar-refractivity contribution in [3.05, 3.63) is 42.4 Å². The maximum Gasteiger partial charge on any atom is 0.141 e. The van der Waals surface area contributed by atoms with Crippen molar-refractivity contribution < 1.29 is 4.39 Å². The van der Waals surface area contributed by atoms with E-state index in [0.717, 1.165) is 5.69 Å². The number of rotatable bonds is 2. The number of imidazole rings is 1. The third kappa shape index (κ3) is 3.39. The normalized spacial score (nSPS) is 11.2. The van der Waals surface area contributed by atoms with Gasteiger partial charge in [-0.15, -0.1) is 24.8 Å². The topological polar surface area (TPSA) is 56.7 Å². The molecule has 1 unspecified atom stereocenters. The van der Waals surface area contributed by atoms with Crippen molar-refractivity contribution in [2.45, 2.75) is 13.0 Å². The van der Waals surface area contributed by atoms with Crippen molar-refractivity contribution in [3.8, 4) is 5.82 Å². The summed E-state index contributed by atoms with van der Waals surface area (Å²) >= 11 is 0. The lowest BCUT2D eigenvalue weighted by molar-refractivity contribution is 0.619. The van der Waals surface area contributed by atoms with Crippen molar-refractivity contribution in [1.29, 1.82) is 0 Å². The van der Waals surface area contributed by atoms with E-state index in [1.54, 1.807) is 23.2 Å². The minimum atomic E-state index is -0.360. The maximum absolute atomic E-state index is 12.7. The Kier molecular flexibility index (Phi) is 6.09. The zero-order valence-electron chi connectivity index (χ0n) is 9.08. The van der Waals surface area contributed by atoms with Crippen molar-refractivity contribution >= 4 is 24.8 Å². The van der Waals surface area contributed by atoms with Crippen LogP contribution >= 0.6 is 24.8 Å². The van der Waals surface area contributed by atoms with E-state index in [0.29, 0.717) is 5.82 Å². The van der Waals surface area contributed by atoms with E-state index in [-0.39, 0.29) is 36.7 Å². The van der Waals surface area contributed by atoms with Crippen LogP contribution in [0.2, 0.25) is 0 Å². The molecule has 0 amide bonds. The summed E-state index contributed by atoms with van der Waals surface area (Å²) in [6.07, 6.45) is 4.45. The highest BCUT2D eigenvalue weighted by atomic mass is 35.5. The van der Waals surface area contributed by atoms with E-state index in [1.807, 2.05) is 6.92 Å². The van der Waals surface area contributed by atoms with Crippen molar-refractivity contribution in [2.75, 3.05) is 0 Å². The molecule has 4 nitrogen and oxygen atoms in total. The van der Waals surface area contributed by atoms with Crippen molar-refractivity contribution in [3.63, 3.8) is 0 Å². The van der Waals surface area contributed by atoms with E-state index in [4.69, 9.17) is 5.73 Å². The molecule has 2 aromatic rings. The van der Waals surface area contributed by atoms with Gasteiger partial charge in [0.25, 0.3) is 0 Å². The highest BCUT2D eigenvalue weighted by Gasteiger charge is 2.08. The number of nitrogens with two attached hydrogens (primary N) is 1. The van der Waals surface area contributed by atoms with Crippen LogP contribution in [0.3, 0.4) is 0 Å². The molecule has 0 saturated carbocycles. The summed E-state index contributed by atoms with van der Waals surface area (Å²) in [5, 5.41) is 0. The van der Waals surface area contributed by atoms with Gasteiger partial charge < -0.3 is 5.73 Å². The molecule has 2 heterocycles. The molecule has 0 aromatic carbocycles. The summed E-state index contributed by atoms with van der Waals surface area (Å²) in [4.78, 5) is 7.95. The Morgan fingerprint density at radius 1 is 1.29 bits per heavy atom. The fourth-order valence-corrected chi connectivity index (χ4v) is 1.34. The molecular weight excluding hydrogens is 266 g/mol. The van der Waals surface area contributed by atoms with Gasteiger partial charge in [0.05, 0.1) is 18.1 Å². The minimum Gasteiger partial charge on any atom is -0.323 e. The lowest BCUT2D eigenvalue weighted by Crippen LogP contribution is -2.11. The molecule has 1 atom stereocenters. The van der Waals surface area contributed by atoms with Crippen molar-refractivity contribution in [2.24, 2.45) is 5.73 Å². The largest absolute Gasteiger partial charge is 0.323 e. The fourth-order valence-electron chi connectivity index (χ4n) is 1.34. The smallest absolute Gasteiger partial charge is 0.141 e. The molecule has 2 aromatic heterocycles. The van der Waals surface area contributed by atoms with Gasteiger partial charge in [-0.1, -0.05) is 0 Å². The number of halogens is 3. The predicted octanol–water partition coefficient (Wildman–Crippen LogP) is 2.27. The third-order valence-corrected chi connectivity index (χ3v) is 2.09. The van der Waals surface area contributed by atoms with Crippen LogP contribution < -0.4 is 5.73 Å². The summed E-state index contributed by atoms with van der Waals surface area (Å²) < 4.78 is 14.4. The Labute approximate surface area is 111 Å². The minimum absolute atomic E-state index is 0. The molecule has 0 fully saturated rings. The number of aromatic nitrogens is 3. The van der Waals surface area contributed by atoms with E-state index in [1.165, 1.54) is 12.3 Å². The monoisotopic (exact) mass is 278 g/mol. The Morgan fingerprint density at radius 3 is 2.53 bits per heavy atom. The lowest BCUT2D eigenvalue weighted by Gasteiger charge is -2.09. The Bertz CT molecular complexity index is 456. The molecule has 0 aliphatic heterocycles. The highest BCUT2D eigenvalue weighted by molar-refractivity contribution is 5.85. The second kappa shape index (κ2) is 6.54. The van der Waals surface area contributed by atoms with Crippen LogP contribution in [0.4, 0.5) is 4.39 Å². The molecular formula is C10H13Cl2FN4. The van der Waals surface area contributed by atoms with Gasteiger partial charge in [0.15, 0.2) is 0 Å². The summed E-state index contributed by atoms with van der Waals surface area (Å²) in [7, 11) is 0. The predicted molar refractivity (Wildman–Crippen MR) is 68.4 cm³/mol. The maximum atomic E-state index is 12.7. The second-order valence-electron chi connectivity index (χ2n) is 3.31. The first-order valence-corrected chi connectivity index (χ1v) is 4.58. The van der Waals surface area contributed by atoms with Gasteiger partial charge in [-0.25, -0.2) is 14.4 Å². The van der Waals surface area contributed by atoms with E-state index in [2.05, 4.69) is 9.97 Å². The van der Waals surface area contributed by atoms with E-state index in [9.17, 15) is 4.39 Å². The average Bonchev–Trinajstić information content (AvgIpc) is 2.67. The first-order chi connectivity index (χ1) is 7.18. The van der Waals surface area contributed by atoms with E-state index < -0.39 is 0 Å². The third-order valence-electron chi connectivity index (χ3n) is 2.09. The molecule has 0 radical (unpaired) electrons. The Hall–Kier alpha value is -1.17.